The third-order valence-electron chi connectivity index (χ3n) is 10.4. The van der Waals surface area contributed by atoms with Crippen LogP contribution >= 0.6 is 11.6 Å². The number of hydrogen-bond donors (Lipinski definition) is 6. The first-order chi connectivity index (χ1) is 27.4. The van der Waals surface area contributed by atoms with Crippen LogP contribution in [-0.4, -0.2) is 52.9 Å². The van der Waals surface area contributed by atoms with E-state index >= 15 is 0 Å². The zero-order valence-electron chi connectivity index (χ0n) is 32.2. The predicted octanol–water partition coefficient (Wildman–Crippen LogP) is 6.71. The first kappa shape index (κ1) is 40.7. The molecule has 0 fully saturated rings. The van der Waals surface area contributed by atoms with Crippen LogP contribution in [0.1, 0.15) is 57.5 Å². The minimum atomic E-state index is -1.60. The number of aliphatic hydroxyl groups is 1. The number of nitrogens with zero attached hydrogens (tertiary/aromatic N) is 2. The number of rotatable bonds is 14. The van der Waals surface area contributed by atoms with Gasteiger partial charge in [-0.15, -0.1) is 0 Å². The number of pyridine rings is 1. The molecule has 5 aromatic rings. The van der Waals surface area contributed by atoms with Crippen LogP contribution in [0, 0.1) is 25.2 Å². The number of carbonyl (C=O) groups is 2. The Morgan fingerprint density at radius 2 is 1.70 bits per heavy atom. The van der Waals surface area contributed by atoms with Crippen molar-refractivity contribution in [2.24, 2.45) is 0 Å². The standard InChI is InChI=1S/C44H45ClN6O6/c1-26-31(7-5-9-35(26)36-10-6-8-34(27(36)2)30-11-12-37-32(14-30)20-49-22-39(37)51-43(55)47-4)24-57-41-16-40(56-23-29-13-28(17-46)18-48-19-29)33(15-38(41)45)21-50-44(3,25-52)42(53)54/h5-16,18-19,39,49-50,52H,20-25H2,1-4H3,(H,53,54)(H2,47,51,55)/t39-,44?/m1/s1. The summed E-state index contributed by atoms with van der Waals surface area (Å²) in [4.78, 5) is 28.0. The maximum Gasteiger partial charge on any atom is 0.326 e. The van der Waals surface area contributed by atoms with E-state index in [1.54, 1.807) is 31.4 Å². The highest BCUT2D eigenvalue weighted by molar-refractivity contribution is 6.32. The van der Waals surface area contributed by atoms with Gasteiger partial charge in [-0.25, -0.2) is 4.79 Å². The molecule has 0 aliphatic carbocycles. The van der Waals surface area contributed by atoms with Gasteiger partial charge in [-0.2, -0.15) is 5.26 Å². The Morgan fingerprint density at radius 1 is 0.965 bits per heavy atom. The van der Waals surface area contributed by atoms with Gasteiger partial charge in [0.2, 0.25) is 0 Å². The molecule has 1 aliphatic rings. The second kappa shape index (κ2) is 17.9. The Morgan fingerprint density at radius 3 is 2.44 bits per heavy atom. The zero-order valence-corrected chi connectivity index (χ0v) is 33.0. The van der Waals surface area contributed by atoms with Gasteiger partial charge in [-0.1, -0.05) is 60.1 Å². The summed E-state index contributed by atoms with van der Waals surface area (Å²) in [6, 6.07) is 25.6. The molecule has 0 saturated heterocycles. The van der Waals surface area contributed by atoms with Crippen LogP contribution in [0.15, 0.2) is 85.2 Å². The van der Waals surface area contributed by atoms with Crippen molar-refractivity contribution in [2.75, 3.05) is 20.2 Å². The summed E-state index contributed by atoms with van der Waals surface area (Å²) in [6.07, 6.45) is 3.06. The summed E-state index contributed by atoms with van der Waals surface area (Å²) in [5, 5.41) is 41.0. The highest BCUT2D eigenvalue weighted by atomic mass is 35.5. The highest BCUT2D eigenvalue weighted by Crippen LogP contribution is 2.38. The molecule has 294 valence electrons. The lowest BCUT2D eigenvalue weighted by Crippen LogP contribution is -2.52. The maximum absolute atomic E-state index is 12.1. The number of carboxylic acids is 1. The van der Waals surface area contributed by atoms with E-state index in [0.29, 0.717) is 46.3 Å². The van der Waals surface area contributed by atoms with Crippen LogP contribution in [0.25, 0.3) is 22.3 Å². The van der Waals surface area contributed by atoms with Crippen LogP contribution in [0.4, 0.5) is 4.79 Å². The average molecular weight is 789 g/mol. The number of carboxylic acid groups (broad SMARTS) is 1. The lowest BCUT2D eigenvalue weighted by Gasteiger charge is -2.28. The number of benzene rings is 4. The van der Waals surface area contributed by atoms with E-state index in [1.807, 2.05) is 12.1 Å². The minimum Gasteiger partial charge on any atom is -0.488 e. The van der Waals surface area contributed by atoms with Crippen LogP contribution < -0.4 is 30.7 Å². The summed E-state index contributed by atoms with van der Waals surface area (Å²) >= 11 is 6.77. The number of nitrogens with one attached hydrogen (secondary N) is 4. The number of nitriles is 1. The number of ether oxygens (including phenoxy) is 2. The fourth-order valence-corrected chi connectivity index (χ4v) is 7.09. The maximum atomic E-state index is 12.1. The summed E-state index contributed by atoms with van der Waals surface area (Å²) in [7, 11) is 1.61. The molecule has 2 amide bonds. The van der Waals surface area contributed by atoms with Crippen molar-refractivity contribution in [1.29, 1.82) is 5.26 Å². The number of amides is 2. The van der Waals surface area contributed by atoms with E-state index < -0.39 is 18.1 Å². The molecule has 57 heavy (non-hydrogen) atoms. The molecule has 0 spiro atoms. The minimum absolute atomic E-state index is 0.0203. The van der Waals surface area contributed by atoms with Crippen LogP contribution in [0.5, 0.6) is 11.5 Å². The predicted molar refractivity (Wildman–Crippen MR) is 218 cm³/mol. The summed E-state index contributed by atoms with van der Waals surface area (Å²) in [6.45, 7) is 6.63. The Kier molecular flexibility index (Phi) is 12.8. The van der Waals surface area contributed by atoms with Crippen molar-refractivity contribution in [3.05, 3.63) is 135 Å². The molecule has 2 heterocycles. The van der Waals surface area contributed by atoms with Gasteiger partial charge in [0.25, 0.3) is 0 Å². The molecule has 13 heteroatoms. The largest absolute Gasteiger partial charge is 0.488 e. The van der Waals surface area contributed by atoms with Crippen molar-refractivity contribution >= 4 is 23.6 Å². The number of aromatic nitrogens is 1. The molecule has 2 atom stereocenters. The molecule has 0 radical (unpaired) electrons. The molecule has 0 saturated carbocycles. The van der Waals surface area contributed by atoms with Gasteiger partial charge < -0.3 is 35.6 Å². The number of aliphatic carboxylic acids is 1. The third kappa shape index (κ3) is 9.20. The van der Waals surface area contributed by atoms with E-state index in [2.05, 4.69) is 88.6 Å². The SMILES string of the molecule is CNC(=O)N[C@@H]1CNCc2cc(-c3cccc(-c4cccc(COc5cc(OCc6cncc(C#N)c6)c(CNC(C)(CO)C(=O)O)cc5Cl)c4C)c3C)ccc21. The van der Waals surface area contributed by atoms with Gasteiger partial charge in [0, 0.05) is 56.3 Å². The number of hydrogen-bond acceptors (Lipinski definition) is 9. The quantitative estimate of drug-likeness (QED) is 0.0709. The first-order valence-electron chi connectivity index (χ1n) is 18.5. The van der Waals surface area contributed by atoms with Gasteiger partial charge >= 0.3 is 12.0 Å². The van der Waals surface area contributed by atoms with Gasteiger partial charge in [0.1, 0.15) is 36.3 Å². The van der Waals surface area contributed by atoms with Gasteiger partial charge in [0.05, 0.1) is 23.2 Å². The average Bonchev–Trinajstić information content (AvgIpc) is 3.22. The van der Waals surface area contributed by atoms with Gasteiger partial charge in [-0.05, 0) is 89.0 Å². The van der Waals surface area contributed by atoms with E-state index in [-0.39, 0.29) is 31.8 Å². The van der Waals surface area contributed by atoms with Crippen molar-refractivity contribution in [2.45, 2.75) is 58.7 Å². The number of halogens is 1. The van der Waals surface area contributed by atoms with Crippen molar-refractivity contribution in [3.63, 3.8) is 0 Å². The molecule has 1 unspecified atom stereocenters. The molecule has 6 rings (SSSR count). The Labute approximate surface area is 336 Å². The topological polar surface area (TPSA) is 178 Å². The van der Waals surface area contributed by atoms with E-state index in [4.69, 9.17) is 21.1 Å². The van der Waals surface area contributed by atoms with Crippen LogP contribution in [0.2, 0.25) is 5.02 Å². The van der Waals surface area contributed by atoms with E-state index in [1.165, 1.54) is 13.1 Å². The number of urea groups is 1. The number of fused-ring (bicyclic) bond motifs is 1. The van der Waals surface area contributed by atoms with Crippen molar-refractivity contribution in [3.8, 4) is 39.8 Å². The number of aliphatic hydroxyl groups excluding tert-OH is 1. The van der Waals surface area contributed by atoms with E-state index in [0.717, 1.165) is 50.1 Å². The molecule has 4 aromatic carbocycles. The summed E-state index contributed by atoms with van der Waals surface area (Å²) in [5.74, 6) is -0.468. The Hall–Kier alpha value is -5.97. The van der Waals surface area contributed by atoms with Gasteiger partial charge in [0.15, 0.2) is 0 Å². The third-order valence-corrected chi connectivity index (χ3v) is 10.7. The lowest BCUT2D eigenvalue weighted by atomic mass is 9.87. The van der Waals surface area contributed by atoms with Crippen LogP contribution in [0.3, 0.4) is 0 Å². The highest BCUT2D eigenvalue weighted by Gasteiger charge is 2.32. The second-order valence-corrected chi connectivity index (χ2v) is 14.6. The molecule has 1 aliphatic heterocycles. The van der Waals surface area contributed by atoms with Crippen molar-refractivity contribution < 1.29 is 29.3 Å². The Balaban J connectivity index is 1.25. The monoisotopic (exact) mass is 788 g/mol. The first-order valence-corrected chi connectivity index (χ1v) is 18.8. The number of carbonyl (C=O) groups excluding carboxylic acids is 1. The van der Waals surface area contributed by atoms with Gasteiger partial charge in [-0.3, -0.25) is 15.1 Å². The fraction of sp³-hybridized carbons (Fsp3) is 0.273. The molecule has 6 N–H and O–H groups in total. The molecule has 12 nitrogen and oxygen atoms in total. The Bertz CT molecular complexity index is 2350. The molecule has 0 bridgehead atoms. The summed E-state index contributed by atoms with van der Waals surface area (Å²) < 4.78 is 12.5. The van der Waals surface area contributed by atoms with E-state index in [9.17, 15) is 25.1 Å². The molecule has 1 aromatic heterocycles. The lowest BCUT2D eigenvalue weighted by molar-refractivity contribution is -0.145. The fourth-order valence-electron chi connectivity index (χ4n) is 6.85. The van der Waals surface area contributed by atoms with Crippen molar-refractivity contribution in [1.82, 2.24) is 26.3 Å². The summed E-state index contributed by atoms with van der Waals surface area (Å²) in [5.41, 5.74) is 9.75. The zero-order chi connectivity index (χ0) is 40.7. The smallest absolute Gasteiger partial charge is 0.326 e. The van der Waals surface area contributed by atoms with Crippen LogP contribution in [-0.2, 0) is 31.1 Å². The molecular formula is C44H45ClN6O6. The molecular weight excluding hydrogens is 744 g/mol. The second-order valence-electron chi connectivity index (χ2n) is 14.2. The normalized spacial score (nSPS) is 14.4.